The molecule has 0 atom stereocenters. The highest BCUT2D eigenvalue weighted by Gasteiger charge is 2.26. The molecule has 1 aliphatic rings. The molecular formula is C14H21NO4. The van der Waals surface area contributed by atoms with E-state index in [1.54, 1.807) is 13.0 Å². The Morgan fingerprint density at radius 2 is 2.32 bits per heavy atom. The average Bonchev–Trinajstić information content (AvgIpc) is 2.67. The molecule has 1 saturated carbocycles. The molecule has 0 spiro atoms. The van der Waals surface area contributed by atoms with Crippen LogP contribution >= 0.6 is 0 Å². The number of aliphatic hydroxyl groups is 1. The second-order valence-electron chi connectivity index (χ2n) is 4.95. The van der Waals surface area contributed by atoms with Gasteiger partial charge in [-0.3, -0.25) is 4.90 Å². The number of aryl methyl sites for hydroxylation is 1. The highest BCUT2D eigenvalue weighted by Crippen LogP contribution is 2.27. The molecule has 0 aliphatic heterocycles. The van der Waals surface area contributed by atoms with E-state index < -0.39 is 0 Å². The van der Waals surface area contributed by atoms with Crippen molar-refractivity contribution in [3.8, 4) is 0 Å². The molecule has 5 nitrogen and oxygen atoms in total. The van der Waals surface area contributed by atoms with Gasteiger partial charge in [-0.25, -0.2) is 4.79 Å². The van der Waals surface area contributed by atoms with Crippen molar-refractivity contribution in [1.82, 2.24) is 4.90 Å². The summed E-state index contributed by atoms with van der Waals surface area (Å²) in [6.07, 6.45) is 3.59. The summed E-state index contributed by atoms with van der Waals surface area (Å²) in [5, 5.41) is 9.12. The Labute approximate surface area is 113 Å². The van der Waals surface area contributed by atoms with Crippen LogP contribution in [0, 0.1) is 6.92 Å². The number of rotatable bonds is 6. The van der Waals surface area contributed by atoms with E-state index in [2.05, 4.69) is 4.90 Å². The van der Waals surface area contributed by atoms with Gasteiger partial charge in [0.15, 0.2) is 0 Å². The van der Waals surface area contributed by atoms with Gasteiger partial charge >= 0.3 is 5.97 Å². The molecule has 1 aromatic heterocycles. The topological polar surface area (TPSA) is 62.9 Å². The second kappa shape index (κ2) is 6.21. The maximum atomic E-state index is 11.5. The van der Waals surface area contributed by atoms with E-state index in [-0.39, 0.29) is 12.6 Å². The first-order chi connectivity index (χ1) is 9.15. The van der Waals surface area contributed by atoms with Crippen LogP contribution in [-0.4, -0.2) is 42.3 Å². The Balaban J connectivity index is 2.06. The molecule has 19 heavy (non-hydrogen) atoms. The molecule has 106 valence electrons. The van der Waals surface area contributed by atoms with E-state index in [1.807, 2.05) is 0 Å². The van der Waals surface area contributed by atoms with Crippen LogP contribution in [0.5, 0.6) is 0 Å². The number of aliphatic hydroxyl groups excluding tert-OH is 1. The number of furan rings is 1. The van der Waals surface area contributed by atoms with E-state index in [1.165, 1.54) is 26.4 Å². The first-order valence-corrected chi connectivity index (χ1v) is 6.68. The number of hydrogen-bond acceptors (Lipinski definition) is 5. The normalized spacial score (nSPS) is 15.6. The predicted octanol–water partition coefficient (Wildman–Crippen LogP) is 1.72. The van der Waals surface area contributed by atoms with E-state index in [4.69, 9.17) is 14.3 Å². The maximum Gasteiger partial charge on any atom is 0.341 e. The number of ether oxygens (including phenoxy) is 1. The van der Waals surface area contributed by atoms with E-state index in [0.29, 0.717) is 30.5 Å². The van der Waals surface area contributed by atoms with Gasteiger partial charge < -0.3 is 14.3 Å². The first-order valence-electron chi connectivity index (χ1n) is 6.68. The lowest BCUT2D eigenvalue weighted by Crippen LogP contribution is -2.41. The largest absolute Gasteiger partial charge is 0.465 e. The van der Waals surface area contributed by atoms with Crippen LogP contribution in [-0.2, 0) is 11.3 Å². The van der Waals surface area contributed by atoms with Crippen molar-refractivity contribution in [2.24, 2.45) is 0 Å². The molecule has 0 bridgehead atoms. The second-order valence-corrected chi connectivity index (χ2v) is 4.95. The van der Waals surface area contributed by atoms with Crippen molar-refractivity contribution >= 4 is 5.97 Å². The zero-order valence-electron chi connectivity index (χ0n) is 11.5. The molecule has 1 N–H and O–H groups in total. The molecule has 0 radical (unpaired) electrons. The van der Waals surface area contributed by atoms with Crippen LogP contribution in [0.2, 0.25) is 0 Å². The first kappa shape index (κ1) is 14.1. The van der Waals surface area contributed by atoms with Gasteiger partial charge in [0.05, 0.1) is 20.3 Å². The molecule has 2 rings (SSSR count). The van der Waals surface area contributed by atoms with Crippen LogP contribution in [0.15, 0.2) is 10.5 Å². The molecule has 0 saturated heterocycles. The van der Waals surface area contributed by atoms with E-state index in [9.17, 15) is 4.79 Å². The van der Waals surface area contributed by atoms with Crippen LogP contribution in [0.4, 0.5) is 0 Å². The fourth-order valence-corrected chi connectivity index (χ4v) is 2.41. The van der Waals surface area contributed by atoms with Gasteiger partial charge in [0.25, 0.3) is 0 Å². The highest BCUT2D eigenvalue weighted by atomic mass is 16.5. The number of hydrogen-bond donors (Lipinski definition) is 1. The quantitative estimate of drug-likeness (QED) is 0.795. The van der Waals surface area contributed by atoms with Crippen molar-refractivity contribution < 1.29 is 19.1 Å². The third-order valence-corrected chi connectivity index (χ3v) is 3.71. The number of nitrogens with zero attached hydrogens (tertiary/aromatic N) is 1. The Morgan fingerprint density at radius 3 is 2.84 bits per heavy atom. The fourth-order valence-electron chi connectivity index (χ4n) is 2.41. The van der Waals surface area contributed by atoms with Crippen LogP contribution in [0.1, 0.15) is 41.1 Å². The summed E-state index contributed by atoms with van der Waals surface area (Å²) < 4.78 is 10.3. The summed E-state index contributed by atoms with van der Waals surface area (Å²) in [4.78, 5) is 13.7. The smallest absolute Gasteiger partial charge is 0.341 e. The highest BCUT2D eigenvalue weighted by molar-refractivity contribution is 5.90. The monoisotopic (exact) mass is 267 g/mol. The van der Waals surface area contributed by atoms with Gasteiger partial charge in [0.1, 0.15) is 17.1 Å². The summed E-state index contributed by atoms with van der Waals surface area (Å²) in [6, 6.07) is 2.27. The van der Waals surface area contributed by atoms with E-state index in [0.717, 1.165) is 5.76 Å². The van der Waals surface area contributed by atoms with Crippen molar-refractivity contribution in [2.45, 2.75) is 38.8 Å². The number of esters is 1. The lowest BCUT2D eigenvalue weighted by molar-refractivity contribution is 0.0599. The van der Waals surface area contributed by atoms with Gasteiger partial charge in [-0.1, -0.05) is 6.42 Å². The van der Waals surface area contributed by atoms with Gasteiger partial charge in [0.2, 0.25) is 0 Å². The average molecular weight is 267 g/mol. The Hall–Kier alpha value is -1.33. The molecule has 1 heterocycles. The van der Waals surface area contributed by atoms with Crippen LogP contribution in [0.25, 0.3) is 0 Å². The SMILES string of the molecule is COC(=O)c1cc(CN(CCO)C2CCC2)oc1C. The van der Waals surface area contributed by atoms with E-state index >= 15 is 0 Å². The molecule has 5 heteroatoms. The van der Waals surface area contributed by atoms with Gasteiger partial charge in [-0.2, -0.15) is 0 Å². The molecular weight excluding hydrogens is 246 g/mol. The minimum absolute atomic E-state index is 0.139. The van der Waals surface area contributed by atoms with Crippen molar-refractivity contribution in [3.05, 3.63) is 23.2 Å². The predicted molar refractivity (Wildman–Crippen MR) is 69.9 cm³/mol. The molecule has 0 unspecified atom stereocenters. The maximum absolute atomic E-state index is 11.5. The lowest BCUT2D eigenvalue weighted by atomic mass is 9.91. The Bertz CT molecular complexity index is 437. The molecule has 1 fully saturated rings. The standard InChI is InChI=1S/C14H21NO4/c1-10-13(14(17)18-2)8-12(19-10)9-15(6-7-16)11-4-3-5-11/h8,11,16H,3-7,9H2,1-2H3. The summed E-state index contributed by atoms with van der Waals surface area (Å²) in [6.45, 7) is 3.16. The summed E-state index contributed by atoms with van der Waals surface area (Å²) in [5.74, 6) is 0.961. The Kier molecular flexibility index (Phi) is 4.61. The lowest BCUT2D eigenvalue weighted by Gasteiger charge is -2.36. The summed E-state index contributed by atoms with van der Waals surface area (Å²) in [7, 11) is 1.36. The third kappa shape index (κ3) is 3.16. The van der Waals surface area contributed by atoms with Gasteiger partial charge in [0, 0.05) is 12.6 Å². The fraction of sp³-hybridized carbons (Fsp3) is 0.643. The zero-order valence-corrected chi connectivity index (χ0v) is 11.5. The molecule has 1 aromatic rings. The minimum Gasteiger partial charge on any atom is -0.465 e. The zero-order chi connectivity index (χ0) is 13.8. The van der Waals surface area contributed by atoms with Crippen LogP contribution in [0.3, 0.4) is 0 Å². The van der Waals surface area contributed by atoms with Gasteiger partial charge in [-0.15, -0.1) is 0 Å². The van der Waals surface area contributed by atoms with Gasteiger partial charge in [-0.05, 0) is 25.8 Å². The van der Waals surface area contributed by atoms with Crippen LogP contribution < -0.4 is 0 Å². The number of carbonyl (C=O) groups excluding carboxylic acids is 1. The molecule has 0 aromatic carbocycles. The Morgan fingerprint density at radius 1 is 1.58 bits per heavy atom. The van der Waals surface area contributed by atoms with Crippen molar-refractivity contribution in [2.75, 3.05) is 20.3 Å². The summed E-state index contributed by atoms with van der Waals surface area (Å²) in [5.41, 5.74) is 0.482. The summed E-state index contributed by atoms with van der Waals surface area (Å²) >= 11 is 0. The number of carbonyl (C=O) groups is 1. The van der Waals surface area contributed by atoms with Crippen molar-refractivity contribution in [1.29, 1.82) is 0 Å². The molecule has 0 amide bonds. The molecule has 1 aliphatic carbocycles. The minimum atomic E-state index is -0.371. The van der Waals surface area contributed by atoms with Crippen molar-refractivity contribution in [3.63, 3.8) is 0 Å². The third-order valence-electron chi connectivity index (χ3n) is 3.71. The number of methoxy groups -OCH3 is 1.